The van der Waals surface area contributed by atoms with E-state index < -0.39 is 0 Å². The summed E-state index contributed by atoms with van der Waals surface area (Å²) in [5.41, 5.74) is 3.29. The SMILES string of the molecule is CNc1ccc(NC)c2c1c(NC)cc[n+]2[O-]. The maximum Gasteiger partial charge on any atom is 0.251 e. The predicted molar refractivity (Wildman–Crippen MR) is 71.5 cm³/mol. The van der Waals surface area contributed by atoms with Crippen molar-refractivity contribution in [3.63, 3.8) is 0 Å². The van der Waals surface area contributed by atoms with Crippen LogP contribution in [0.5, 0.6) is 0 Å². The third-order valence-electron chi connectivity index (χ3n) is 2.85. The second-order valence-electron chi connectivity index (χ2n) is 3.69. The van der Waals surface area contributed by atoms with Crippen molar-refractivity contribution < 1.29 is 4.73 Å². The number of fused-ring (bicyclic) bond motifs is 1. The molecule has 0 aliphatic rings. The summed E-state index contributed by atoms with van der Waals surface area (Å²) < 4.78 is 0.878. The predicted octanol–water partition coefficient (Wildman–Crippen LogP) is 1.60. The van der Waals surface area contributed by atoms with Gasteiger partial charge in [-0.1, -0.05) is 0 Å². The molecule has 0 unspecified atom stereocenters. The first-order valence-corrected chi connectivity index (χ1v) is 5.45. The van der Waals surface area contributed by atoms with E-state index in [1.807, 2.05) is 26.2 Å². The summed E-state index contributed by atoms with van der Waals surface area (Å²) in [6.07, 6.45) is 1.51. The summed E-state index contributed by atoms with van der Waals surface area (Å²) >= 11 is 0. The highest BCUT2D eigenvalue weighted by molar-refractivity contribution is 6.04. The molecule has 90 valence electrons. The molecule has 0 spiro atoms. The lowest BCUT2D eigenvalue weighted by Gasteiger charge is -2.13. The van der Waals surface area contributed by atoms with Crippen molar-refractivity contribution >= 4 is 28.0 Å². The van der Waals surface area contributed by atoms with E-state index in [0.717, 1.165) is 27.2 Å². The Morgan fingerprint density at radius 2 is 1.41 bits per heavy atom. The van der Waals surface area contributed by atoms with E-state index in [-0.39, 0.29) is 0 Å². The first-order chi connectivity index (χ1) is 8.22. The molecule has 0 radical (unpaired) electrons. The molecule has 1 heterocycles. The van der Waals surface area contributed by atoms with Gasteiger partial charge in [0.1, 0.15) is 5.69 Å². The maximum absolute atomic E-state index is 11.9. The molecule has 5 nitrogen and oxygen atoms in total. The van der Waals surface area contributed by atoms with Gasteiger partial charge in [-0.05, 0) is 12.1 Å². The maximum atomic E-state index is 11.9. The molecule has 0 fully saturated rings. The van der Waals surface area contributed by atoms with Gasteiger partial charge in [0.15, 0.2) is 6.20 Å². The second-order valence-corrected chi connectivity index (χ2v) is 3.69. The van der Waals surface area contributed by atoms with Gasteiger partial charge in [0, 0.05) is 27.2 Å². The van der Waals surface area contributed by atoms with Crippen LogP contribution in [0.25, 0.3) is 10.9 Å². The van der Waals surface area contributed by atoms with Crippen LogP contribution in [0.1, 0.15) is 0 Å². The van der Waals surface area contributed by atoms with Crippen LogP contribution >= 0.6 is 0 Å². The molecule has 0 atom stereocenters. The molecule has 0 amide bonds. The van der Waals surface area contributed by atoms with E-state index in [4.69, 9.17) is 0 Å². The standard InChI is InChI=1S/C12H16N4O/c1-13-8-4-5-10(15-3)12-11(8)9(14-2)6-7-16(12)17/h4-7,13-15H,1-3H3. The fourth-order valence-corrected chi connectivity index (χ4v) is 2.01. The topological polar surface area (TPSA) is 63.0 Å². The minimum Gasteiger partial charge on any atom is -0.618 e. The van der Waals surface area contributed by atoms with Gasteiger partial charge < -0.3 is 21.2 Å². The molecule has 2 aromatic rings. The molecule has 0 saturated heterocycles. The number of pyridine rings is 1. The van der Waals surface area contributed by atoms with Crippen LogP contribution in [-0.2, 0) is 0 Å². The molecule has 2 rings (SSSR count). The van der Waals surface area contributed by atoms with Gasteiger partial charge in [-0.15, -0.1) is 0 Å². The van der Waals surface area contributed by atoms with Gasteiger partial charge in [0.05, 0.1) is 16.8 Å². The largest absolute Gasteiger partial charge is 0.618 e. The summed E-state index contributed by atoms with van der Waals surface area (Å²) in [5, 5.41) is 22.0. The minimum absolute atomic E-state index is 0.631. The average molecular weight is 232 g/mol. The van der Waals surface area contributed by atoms with Crippen molar-refractivity contribution in [3.8, 4) is 0 Å². The molecular formula is C12H16N4O. The van der Waals surface area contributed by atoms with E-state index in [1.54, 1.807) is 13.1 Å². The van der Waals surface area contributed by atoms with Crippen molar-refractivity contribution in [3.05, 3.63) is 29.6 Å². The fourth-order valence-electron chi connectivity index (χ4n) is 2.01. The summed E-state index contributed by atoms with van der Waals surface area (Å²) in [5.74, 6) is 0. The van der Waals surface area contributed by atoms with Crippen LogP contribution in [0.4, 0.5) is 17.1 Å². The third-order valence-corrected chi connectivity index (χ3v) is 2.85. The van der Waals surface area contributed by atoms with Crippen LogP contribution in [0, 0.1) is 5.21 Å². The smallest absolute Gasteiger partial charge is 0.251 e. The number of aromatic nitrogens is 1. The lowest BCUT2D eigenvalue weighted by atomic mass is 10.1. The Morgan fingerprint density at radius 1 is 0.882 bits per heavy atom. The van der Waals surface area contributed by atoms with Gasteiger partial charge in [-0.3, -0.25) is 0 Å². The number of hydrogen-bond donors (Lipinski definition) is 3. The Bertz CT molecular complexity index is 543. The lowest BCUT2D eigenvalue weighted by Crippen LogP contribution is -2.27. The van der Waals surface area contributed by atoms with Gasteiger partial charge in [-0.2, -0.15) is 4.73 Å². The molecule has 17 heavy (non-hydrogen) atoms. The number of rotatable bonds is 3. The highest BCUT2D eigenvalue weighted by Gasteiger charge is 2.16. The van der Waals surface area contributed by atoms with Crippen molar-refractivity contribution in [2.75, 3.05) is 37.1 Å². The van der Waals surface area contributed by atoms with Crippen LogP contribution < -0.4 is 20.7 Å². The number of anilines is 3. The Kier molecular flexibility index (Phi) is 2.91. The van der Waals surface area contributed by atoms with Crippen molar-refractivity contribution in [2.24, 2.45) is 0 Å². The summed E-state index contributed by atoms with van der Waals surface area (Å²) in [6, 6.07) is 5.62. The summed E-state index contributed by atoms with van der Waals surface area (Å²) in [6.45, 7) is 0. The van der Waals surface area contributed by atoms with Crippen molar-refractivity contribution in [1.82, 2.24) is 0 Å². The van der Waals surface area contributed by atoms with Crippen LogP contribution in [0.3, 0.4) is 0 Å². The first kappa shape index (κ1) is 11.3. The highest BCUT2D eigenvalue weighted by atomic mass is 16.5. The molecule has 0 bridgehead atoms. The normalized spacial score (nSPS) is 10.3. The van der Waals surface area contributed by atoms with Crippen LogP contribution in [0.2, 0.25) is 0 Å². The van der Waals surface area contributed by atoms with Gasteiger partial charge in [0.25, 0.3) is 5.52 Å². The molecule has 0 aliphatic heterocycles. The third kappa shape index (κ3) is 1.69. The van der Waals surface area contributed by atoms with E-state index in [0.29, 0.717) is 5.52 Å². The Morgan fingerprint density at radius 3 is 2.00 bits per heavy atom. The van der Waals surface area contributed by atoms with E-state index in [9.17, 15) is 5.21 Å². The van der Waals surface area contributed by atoms with Crippen LogP contribution in [0.15, 0.2) is 24.4 Å². The van der Waals surface area contributed by atoms with Gasteiger partial charge in [0.2, 0.25) is 0 Å². The van der Waals surface area contributed by atoms with Crippen LogP contribution in [-0.4, -0.2) is 21.1 Å². The van der Waals surface area contributed by atoms with Gasteiger partial charge in [-0.25, -0.2) is 0 Å². The zero-order valence-corrected chi connectivity index (χ0v) is 10.2. The highest BCUT2D eigenvalue weighted by Crippen LogP contribution is 2.32. The van der Waals surface area contributed by atoms with Gasteiger partial charge >= 0.3 is 0 Å². The molecular weight excluding hydrogens is 216 g/mol. The molecule has 1 aromatic carbocycles. The van der Waals surface area contributed by atoms with Crippen molar-refractivity contribution in [1.29, 1.82) is 0 Å². The zero-order chi connectivity index (χ0) is 12.4. The molecule has 0 saturated carbocycles. The lowest BCUT2D eigenvalue weighted by molar-refractivity contribution is -0.576. The quantitative estimate of drug-likeness (QED) is 0.555. The number of nitrogens with zero attached hydrogens (tertiary/aromatic N) is 1. The average Bonchev–Trinajstić information content (AvgIpc) is 2.38. The number of benzene rings is 1. The summed E-state index contributed by atoms with van der Waals surface area (Å²) in [7, 11) is 5.49. The Balaban J connectivity index is 2.93. The molecule has 3 N–H and O–H groups in total. The second kappa shape index (κ2) is 4.37. The van der Waals surface area contributed by atoms with Crippen molar-refractivity contribution in [2.45, 2.75) is 0 Å². The molecule has 1 aromatic heterocycles. The first-order valence-electron chi connectivity index (χ1n) is 5.45. The van der Waals surface area contributed by atoms with E-state index in [1.165, 1.54) is 6.20 Å². The fraction of sp³-hybridized carbons (Fsp3) is 0.250. The zero-order valence-electron chi connectivity index (χ0n) is 10.2. The monoisotopic (exact) mass is 232 g/mol. The Hall–Kier alpha value is -2.17. The Labute approximate surface area is 100 Å². The summed E-state index contributed by atoms with van der Waals surface area (Å²) in [4.78, 5) is 0. The molecule has 5 heteroatoms. The van der Waals surface area contributed by atoms with E-state index >= 15 is 0 Å². The molecule has 0 aliphatic carbocycles. The number of nitrogens with one attached hydrogen (secondary N) is 3. The number of hydrogen-bond acceptors (Lipinski definition) is 4. The minimum atomic E-state index is 0.631. The van der Waals surface area contributed by atoms with E-state index in [2.05, 4.69) is 16.0 Å².